The number of hydrogen-bond acceptors (Lipinski definition) is 2. The SMILES string of the molecule is CC1(O)CCCN(C(=O)c2ccc(Br)cc2Br)CC1. The molecule has 3 nitrogen and oxygen atoms in total. The molecule has 1 aliphatic rings. The molecule has 0 spiro atoms. The van der Waals surface area contributed by atoms with E-state index in [4.69, 9.17) is 0 Å². The first-order chi connectivity index (χ1) is 8.89. The van der Waals surface area contributed by atoms with Crippen LogP contribution < -0.4 is 0 Å². The van der Waals surface area contributed by atoms with Crippen LogP contribution in [0.2, 0.25) is 0 Å². The summed E-state index contributed by atoms with van der Waals surface area (Å²) in [6.07, 6.45) is 2.22. The van der Waals surface area contributed by atoms with Crippen molar-refractivity contribution in [1.82, 2.24) is 4.90 Å². The zero-order valence-electron chi connectivity index (χ0n) is 10.8. The van der Waals surface area contributed by atoms with Gasteiger partial charge in [-0.05, 0) is 60.3 Å². The van der Waals surface area contributed by atoms with Gasteiger partial charge in [-0.3, -0.25) is 4.79 Å². The molecular weight excluding hydrogens is 374 g/mol. The number of likely N-dealkylation sites (tertiary alicyclic amines) is 1. The number of halogens is 2. The Morgan fingerprint density at radius 3 is 2.74 bits per heavy atom. The van der Waals surface area contributed by atoms with Crippen LogP contribution in [0.25, 0.3) is 0 Å². The quantitative estimate of drug-likeness (QED) is 0.795. The molecule has 1 unspecified atom stereocenters. The number of benzene rings is 1. The summed E-state index contributed by atoms with van der Waals surface area (Å²) < 4.78 is 1.73. The Hall–Kier alpha value is -0.390. The first kappa shape index (κ1) is 15.0. The smallest absolute Gasteiger partial charge is 0.255 e. The minimum Gasteiger partial charge on any atom is -0.390 e. The summed E-state index contributed by atoms with van der Waals surface area (Å²) in [5.41, 5.74) is 0.0242. The van der Waals surface area contributed by atoms with Gasteiger partial charge in [-0.1, -0.05) is 15.9 Å². The lowest BCUT2D eigenvalue weighted by atomic mass is 9.98. The van der Waals surface area contributed by atoms with Crippen LogP contribution in [0, 0.1) is 0 Å². The highest BCUT2D eigenvalue weighted by Crippen LogP contribution is 2.26. The van der Waals surface area contributed by atoms with E-state index in [9.17, 15) is 9.90 Å². The summed E-state index contributed by atoms with van der Waals surface area (Å²) >= 11 is 6.81. The Labute approximate surface area is 130 Å². The van der Waals surface area contributed by atoms with E-state index in [1.165, 1.54) is 0 Å². The van der Waals surface area contributed by atoms with Crippen LogP contribution in [-0.2, 0) is 0 Å². The van der Waals surface area contributed by atoms with Crippen LogP contribution in [0.15, 0.2) is 27.1 Å². The number of hydrogen-bond donors (Lipinski definition) is 1. The van der Waals surface area contributed by atoms with Crippen LogP contribution in [0.5, 0.6) is 0 Å². The summed E-state index contributed by atoms with van der Waals surface area (Å²) in [5.74, 6) is 0.0251. The van der Waals surface area contributed by atoms with Crippen molar-refractivity contribution in [2.75, 3.05) is 13.1 Å². The van der Waals surface area contributed by atoms with Gasteiger partial charge in [-0.25, -0.2) is 0 Å². The average Bonchev–Trinajstić information content (AvgIpc) is 2.49. The molecule has 1 amide bonds. The first-order valence-electron chi connectivity index (χ1n) is 6.36. The van der Waals surface area contributed by atoms with Gasteiger partial charge in [0.05, 0.1) is 11.2 Å². The predicted octanol–water partition coefficient (Wildman–Crippen LogP) is 3.59. The van der Waals surface area contributed by atoms with Crippen LogP contribution in [0.4, 0.5) is 0 Å². The Balaban J connectivity index is 2.15. The van der Waals surface area contributed by atoms with Gasteiger partial charge in [-0.2, -0.15) is 0 Å². The lowest BCUT2D eigenvalue weighted by molar-refractivity contribution is 0.0438. The lowest BCUT2D eigenvalue weighted by Gasteiger charge is -2.23. The molecule has 1 heterocycles. The van der Waals surface area contributed by atoms with Crippen LogP contribution in [0.1, 0.15) is 36.5 Å². The fourth-order valence-corrected chi connectivity index (χ4v) is 3.52. The van der Waals surface area contributed by atoms with Crippen molar-refractivity contribution in [3.8, 4) is 0 Å². The molecule has 0 saturated carbocycles. The van der Waals surface area contributed by atoms with Crippen molar-refractivity contribution in [3.63, 3.8) is 0 Å². The highest BCUT2D eigenvalue weighted by Gasteiger charge is 2.28. The topological polar surface area (TPSA) is 40.5 Å². The van der Waals surface area contributed by atoms with Gasteiger partial charge in [0.2, 0.25) is 0 Å². The van der Waals surface area contributed by atoms with E-state index in [1.54, 1.807) is 0 Å². The summed E-state index contributed by atoms with van der Waals surface area (Å²) in [6.45, 7) is 3.16. The highest BCUT2D eigenvalue weighted by atomic mass is 79.9. The van der Waals surface area contributed by atoms with Crippen molar-refractivity contribution < 1.29 is 9.90 Å². The van der Waals surface area contributed by atoms with Gasteiger partial charge < -0.3 is 10.0 Å². The summed E-state index contributed by atoms with van der Waals surface area (Å²) in [6, 6.07) is 5.56. The Kier molecular flexibility index (Phi) is 4.69. The molecule has 104 valence electrons. The number of nitrogens with zero attached hydrogens (tertiary/aromatic N) is 1. The molecule has 0 aromatic heterocycles. The van der Waals surface area contributed by atoms with E-state index < -0.39 is 5.60 Å². The van der Waals surface area contributed by atoms with Crippen molar-refractivity contribution in [2.45, 2.75) is 31.8 Å². The number of carbonyl (C=O) groups excluding carboxylic acids is 1. The second kappa shape index (κ2) is 5.94. The second-order valence-electron chi connectivity index (χ2n) is 5.27. The Morgan fingerprint density at radius 1 is 1.32 bits per heavy atom. The maximum absolute atomic E-state index is 12.5. The van der Waals surface area contributed by atoms with Gasteiger partial charge in [-0.15, -0.1) is 0 Å². The number of carbonyl (C=O) groups is 1. The molecule has 0 aliphatic carbocycles. The third-order valence-corrected chi connectivity index (χ3v) is 4.66. The summed E-state index contributed by atoms with van der Waals surface area (Å²) in [4.78, 5) is 14.3. The standard InChI is InChI=1S/C14H17Br2NO2/c1-14(19)5-2-7-17(8-6-14)13(18)11-4-3-10(15)9-12(11)16/h3-4,9,19H,2,5-8H2,1H3. The van der Waals surface area contributed by atoms with Crippen molar-refractivity contribution in [2.24, 2.45) is 0 Å². The van der Waals surface area contributed by atoms with E-state index in [2.05, 4.69) is 31.9 Å². The summed E-state index contributed by atoms with van der Waals surface area (Å²) in [7, 11) is 0. The largest absolute Gasteiger partial charge is 0.390 e. The van der Waals surface area contributed by atoms with Crippen LogP contribution in [-0.4, -0.2) is 34.6 Å². The molecule has 0 bridgehead atoms. The van der Waals surface area contributed by atoms with Crippen molar-refractivity contribution in [1.29, 1.82) is 0 Å². The molecule has 1 saturated heterocycles. The normalized spacial score (nSPS) is 24.1. The van der Waals surface area contributed by atoms with E-state index >= 15 is 0 Å². The Bertz CT molecular complexity index is 488. The molecule has 1 N–H and O–H groups in total. The molecular formula is C14H17Br2NO2. The second-order valence-corrected chi connectivity index (χ2v) is 7.04. The van der Waals surface area contributed by atoms with Crippen molar-refractivity contribution >= 4 is 37.8 Å². The lowest BCUT2D eigenvalue weighted by Crippen LogP contribution is -2.33. The van der Waals surface area contributed by atoms with E-state index in [0.29, 0.717) is 25.1 Å². The Morgan fingerprint density at radius 2 is 2.05 bits per heavy atom. The van der Waals surface area contributed by atoms with Gasteiger partial charge in [0.15, 0.2) is 0 Å². The minimum absolute atomic E-state index is 0.0251. The van der Waals surface area contributed by atoms with Crippen LogP contribution >= 0.6 is 31.9 Å². The molecule has 1 aliphatic heterocycles. The predicted molar refractivity (Wildman–Crippen MR) is 82.2 cm³/mol. The summed E-state index contributed by atoms with van der Waals surface area (Å²) in [5, 5.41) is 10.1. The molecule has 1 aromatic rings. The van der Waals surface area contributed by atoms with Crippen LogP contribution in [0.3, 0.4) is 0 Å². The molecule has 1 fully saturated rings. The molecule has 5 heteroatoms. The fourth-order valence-electron chi connectivity index (χ4n) is 2.30. The fraction of sp³-hybridized carbons (Fsp3) is 0.500. The zero-order chi connectivity index (χ0) is 14.0. The molecule has 0 radical (unpaired) electrons. The van der Waals surface area contributed by atoms with Gasteiger partial charge in [0, 0.05) is 22.0 Å². The third-order valence-electron chi connectivity index (χ3n) is 3.51. The maximum Gasteiger partial charge on any atom is 0.255 e. The van der Waals surface area contributed by atoms with Gasteiger partial charge >= 0.3 is 0 Å². The van der Waals surface area contributed by atoms with E-state index in [1.807, 2.05) is 30.0 Å². The molecule has 19 heavy (non-hydrogen) atoms. The minimum atomic E-state index is -0.647. The van der Waals surface area contributed by atoms with Crippen molar-refractivity contribution in [3.05, 3.63) is 32.7 Å². The van der Waals surface area contributed by atoms with Gasteiger partial charge in [0.1, 0.15) is 0 Å². The number of rotatable bonds is 1. The zero-order valence-corrected chi connectivity index (χ0v) is 14.0. The highest BCUT2D eigenvalue weighted by molar-refractivity contribution is 9.11. The molecule has 2 rings (SSSR count). The first-order valence-corrected chi connectivity index (χ1v) is 7.94. The monoisotopic (exact) mass is 389 g/mol. The maximum atomic E-state index is 12.5. The molecule has 1 aromatic carbocycles. The van der Waals surface area contributed by atoms with E-state index in [-0.39, 0.29) is 5.91 Å². The third kappa shape index (κ3) is 3.80. The van der Waals surface area contributed by atoms with E-state index in [0.717, 1.165) is 21.8 Å². The van der Waals surface area contributed by atoms with Gasteiger partial charge in [0.25, 0.3) is 5.91 Å². The number of amides is 1. The number of aliphatic hydroxyl groups is 1. The average molecular weight is 391 g/mol. The molecule has 1 atom stereocenters.